The van der Waals surface area contributed by atoms with Crippen molar-refractivity contribution in [1.82, 2.24) is 24.8 Å². The highest BCUT2D eigenvalue weighted by Gasteiger charge is 2.33. The monoisotopic (exact) mass is 568 g/mol. The fourth-order valence-electron chi connectivity index (χ4n) is 6.08. The molecule has 0 spiro atoms. The summed E-state index contributed by atoms with van der Waals surface area (Å²) in [6, 6.07) is 16.4. The second kappa shape index (κ2) is 10.5. The van der Waals surface area contributed by atoms with Gasteiger partial charge in [0.25, 0.3) is 5.91 Å². The number of nitrogens with zero attached hydrogens (tertiary/aromatic N) is 5. The van der Waals surface area contributed by atoms with Crippen LogP contribution in [0.2, 0.25) is 0 Å². The van der Waals surface area contributed by atoms with Crippen molar-refractivity contribution >= 4 is 23.3 Å². The fraction of sp³-hybridized carbons (Fsp3) is 0.375. The molecule has 9 nitrogen and oxygen atoms in total. The molecular weight excluding hydrogens is 535 g/mol. The molecule has 1 aliphatic carbocycles. The number of amides is 2. The SMILES string of the molecule is C[C@@H]1c2ccccc2CCN1C(=O)c1cc(C2CC2)n2nc(-c3ccc(N(C)C(=O)OC4CCNC4)cc3F)cc2n1. The maximum atomic E-state index is 15.5. The van der Waals surface area contributed by atoms with Crippen molar-refractivity contribution in [1.29, 1.82) is 0 Å². The van der Waals surface area contributed by atoms with Crippen LogP contribution in [0.15, 0.2) is 54.6 Å². The van der Waals surface area contributed by atoms with Crippen LogP contribution in [-0.4, -0.2) is 64.3 Å². The number of aromatic nitrogens is 3. The van der Waals surface area contributed by atoms with Gasteiger partial charge in [0.05, 0.1) is 11.7 Å². The van der Waals surface area contributed by atoms with E-state index in [2.05, 4.69) is 24.4 Å². The molecule has 216 valence electrons. The Morgan fingerprint density at radius 2 is 1.93 bits per heavy atom. The van der Waals surface area contributed by atoms with Gasteiger partial charge in [0.15, 0.2) is 5.65 Å². The minimum atomic E-state index is -0.523. The summed E-state index contributed by atoms with van der Waals surface area (Å²) in [5, 5.41) is 7.88. The maximum absolute atomic E-state index is 15.5. The zero-order valence-electron chi connectivity index (χ0n) is 23.7. The van der Waals surface area contributed by atoms with Crippen molar-refractivity contribution in [3.63, 3.8) is 0 Å². The number of carbonyl (C=O) groups is 2. The van der Waals surface area contributed by atoms with Gasteiger partial charge in [-0.2, -0.15) is 5.10 Å². The molecule has 1 saturated carbocycles. The zero-order chi connectivity index (χ0) is 29.0. The van der Waals surface area contributed by atoms with Crippen LogP contribution in [0.4, 0.5) is 14.9 Å². The number of anilines is 1. The summed E-state index contributed by atoms with van der Waals surface area (Å²) in [4.78, 5) is 34.3. The molecule has 42 heavy (non-hydrogen) atoms. The van der Waals surface area contributed by atoms with Crippen LogP contribution in [0, 0.1) is 5.82 Å². The van der Waals surface area contributed by atoms with Crippen LogP contribution in [0.3, 0.4) is 0 Å². The Hall–Kier alpha value is -4.31. The fourth-order valence-corrected chi connectivity index (χ4v) is 6.08. The summed E-state index contributed by atoms with van der Waals surface area (Å²) < 4.78 is 22.7. The molecule has 2 aliphatic heterocycles. The molecule has 1 N–H and O–H groups in total. The van der Waals surface area contributed by atoms with E-state index in [9.17, 15) is 9.59 Å². The first-order valence-corrected chi connectivity index (χ1v) is 14.6. The summed E-state index contributed by atoms with van der Waals surface area (Å²) in [6.45, 7) is 4.12. The number of carbonyl (C=O) groups excluding carboxylic acids is 2. The van der Waals surface area contributed by atoms with Gasteiger partial charge in [0, 0.05) is 49.1 Å². The molecule has 1 saturated heterocycles. The van der Waals surface area contributed by atoms with E-state index in [4.69, 9.17) is 14.8 Å². The lowest BCUT2D eigenvalue weighted by molar-refractivity contribution is 0.0671. The molecule has 2 aromatic carbocycles. The Kier molecular flexibility index (Phi) is 6.65. The molecule has 0 radical (unpaired) electrons. The summed E-state index contributed by atoms with van der Waals surface area (Å²) in [5.41, 5.74) is 5.35. The Labute approximate surface area is 243 Å². The summed E-state index contributed by atoms with van der Waals surface area (Å²) in [7, 11) is 1.57. The number of hydrogen-bond acceptors (Lipinski definition) is 6. The van der Waals surface area contributed by atoms with Gasteiger partial charge in [-0.3, -0.25) is 9.69 Å². The molecule has 2 fully saturated rings. The number of halogens is 1. The van der Waals surface area contributed by atoms with Crippen molar-refractivity contribution in [3.05, 3.63) is 82.9 Å². The minimum Gasteiger partial charge on any atom is -0.444 e. The molecule has 2 aromatic heterocycles. The number of nitrogens with one attached hydrogen (secondary N) is 1. The first-order chi connectivity index (χ1) is 20.4. The van der Waals surface area contributed by atoms with Crippen LogP contribution >= 0.6 is 0 Å². The summed E-state index contributed by atoms with van der Waals surface area (Å²) in [6.07, 6.45) is 2.89. The summed E-state index contributed by atoms with van der Waals surface area (Å²) in [5.74, 6) is -0.331. The van der Waals surface area contributed by atoms with Gasteiger partial charge in [0.1, 0.15) is 17.6 Å². The van der Waals surface area contributed by atoms with Gasteiger partial charge >= 0.3 is 6.09 Å². The molecular formula is C32H33FN6O3. The van der Waals surface area contributed by atoms with Gasteiger partial charge < -0.3 is 15.0 Å². The van der Waals surface area contributed by atoms with Crippen molar-refractivity contribution in [2.24, 2.45) is 0 Å². The highest BCUT2D eigenvalue weighted by atomic mass is 19.1. The smallest absolute Gasteiger partial charge is 0.414 e. The largest absolute Gasteiger partial charge is 0.444 e. The Morgan fingerprint density at radius 1 is 1.10 bits per heavy atom. The van der Waals surface area contributed by atoms with Gasteiger partial charge in [-0.15, -0.1) is 0 Å². The molecule has 4 aromatic rings. The van der Waals surface area contributed by atoms with E-state index in [0.29, 0.717) is 41.4 Å². The number of fused-ring (bicyclic) bond motifs is 2. The van der Waals surface area contributed by atoms with Crippen molar-refractivity contribution < 1.29 is 18.7 Å². The molecule has 10 heteroatoms. The quantitative estimate of drug-likeness (QED) is 0.360. The van der Waals surface area contributed by atoms with E-state index in [1.54, 1.807) is 29.8 Å². The highest BCUT2D eigenvalue weighted by Crippen LogP contribution is 2.41. The number of benzene rings is 2. The molecule has 0 bridgehead atoms. The van der Waals surface area contributed by atoms with E-state index in [1.165, 1.54) is 22.1 Å². The maximum Gasteiger partial charge on any atom is 0.414 e. The third-order valence-corrected chi connectivity index (χ3v) is 8.70. The molecule has 4 heterocycles. The Balaban J connectivity index is 1.17. The van der Waals surface area contributed by atoms with Gasteiger partial charge in [-0.05, 0) is 74.5 Å². The number of hydrogen-bond donors (Lipinski definition) is 1. The van der Waals surface area contributed by atoms with E-state index < -0.39 is 11.9 Å². The van der Waals surface area contributed by atoms with Crippen LogP contribution in [0.5, 0.6) is 0 Å². The third-order valence-electron chi connectivity index (χ3n) is 8.70. The van der Waals surface area contributed by atoms with Crippen LogP contribution in [0.25, 0.3) is 16.9 Å². The van der Waals surface area contributed by atoms with Gasteiger partial charge in [0.2, 0.25) is 0 Å². The topological polar surface area (TPSA) is 92.1 Å². The predicted molar refractivity (Wildman–Crippen MR) is 156 cm³/mol. The zero-order valence-corrected chi connectivity index (χ0v) is 23.7. The first kappa shape index (κ1) is 26.6. The van der Waals surface area contributed by atoms with E-state index in [-0.39, 0.29) is 24.0 Å². The molecule has 3 aliphatic rings. The number of ether oxygens (including phenoxy) is 1. The predicted octanol–water partition coefficient (Wildman–Crippen LogP) is 5.11. The summed E-state index contributed by atoms with van der Waals surface area (Å²) >= 11 is 0. The molecule has 2 atom stereocenters. The minimum absolute atomic E-state index is 0.0526. The van der Waals surface area contributed by atoms with Gasteiger partial charge in [-0.25, -0.2) is 18.7 Å². The highest BCUT2D eigenvalue weighted by molar-refractivity contribution is 5.93. The van der Waals surface area contributed by atoms with E-state index in [0.717, 1.165) is 37.9 Å². The van der Waals surface area contributed by atoms with Gasteiger partial charge in [-0.1, -0.05) is 24.3 Å². The second-order valence-electron chi connectivity index (χ2n) is 11.5. The van der Waals surface area contributed by atoms with E-state index >= 15 is 4.39 Å². The first-order valence-electron chi connectivity index (χ1n) is 14.6. The average Bonchev–Trinajstić information content (AvgIpc) is 3.55. The van der Waals surface area contributed by atoms with Crippen LogP contribution in [0.1, 0.15) is 65.5 Å². The lowest BCUT2D eigenvalue weighted by Crippen LogP contribution is -2.39. The third kappa shape index (κ3) is 4.79. The van der Waals surface area contributed by atoms with E-state index in [1.807, 2.05) is 23.1 Å². The lowest BCUT2D eigenvalue weighted by Gasteiger charge is -2.35. The lowest BCUT2D eigenvalue weighted by atomic mass is 9.93. The molecule has 7 rings (SSSR count). The Morgan fingerprint density at radius 3 is 2.69 bits per heavy atom. The number of rotatable bonds is 5. The molecule has 2 amide bonds. The van der Waals surface area contributed by atoms with Crippen molar-refractivity contribution in [2.45, 2.75) is 50.7 Å². The van der Waals surface area contributed by atoms with Crippen LogP contribution < -0.4 is 10.2 Å². The average molecular weight is 569 g/mol. The van der Waals surface area contributed by atoms with Crippen molar-refractivity contribution in [2.75, 3.05) is 31.6 Å². The Bertz CT molecular complexity index is 1690. The van der Waals surface area contributed by atoms with Crippen molar-refractivity contribution in [3.8, 4) is 11.3 Å². The standard InChI is InChI=1S/C32H33FN6O3/c1-19-24-6-4-3-5-20(24)12-14-38(19)31(40)28-16-29(21-7-8-21)39-30(35-28)17-27(36-39)25-10-9-22(15-26(25)33)37(2)32(41)42-23-11-13-34-18-23/h3-6,9-10,15-17,19,21,23,34H,7-8,11-14,18H2,1-2H3/t19-,23?/m1/s1. The second-order valence-corrected chi connectivity index (χ2v) is 11.5. The van der Waals surface area contributed by atoms with Crippen LogP contribution in [-0.2, 0) is 11.2 Å². The normalized spacial score (nSPS) is 20.0. The molecule has 1 unspecified atom stereocenters.